The maximum Gasteiger partial charge on any atom is 0.133 e. The number of rotatable bonds is 3. The van der Waals surface area contributed by atoms with Gasteiger partial charge in [0, 0.05) is 5.92 Å². The fourth-order valence-electron chi connectivity index (χ4n) is 6.84. The Morgan fingerprint density at radius 1 is 1.13 bits per heavy atom. The predicted molar refractivity (Wildman–Crippen MR) is 94.1 cm³/mol. The van der Waals surface area contributed by atoms with Gasteiger partial charge in [-0.3, -0.25) is 4.79 Å². The van der Waals surface area contributed by atoms with Crippen LogP contribution in [-0.4, -0.2) is 17.0 Å². The Labute approximate surface area is 142 Å². The molecule has 0 radical (unpaired) electrons. The third kappa shape index (κ3) is 2.90. The molecule has 3 fully saturated rings. The van der Waals surface area contributed by atoms with E-state index in [1.54, 1.807) is 0 Å². The minimum absolute atomic E-state index is 0.0564. The maximum atomic E-state index is 12.1. The Kier molecular flexibility index (Phi) is 4.68. The fourth-order valence-corrected chi connectivity index (χ4v) is 6.84. The van der Waals surface area contributed by atoms with Crippen LogP contribution in [0.4, 0.5) is 0 Å². The van der Waals surface area contributed by atoms with E-state index in [1.165, 1.54) is 32.1 Å². The Hall–Kier alpha value is -0.370. The predicted octanol–water partition coefficient (Wildman–Crippen LogP) is 4.99. The Morgan fingerprint density at radius 2 is 1.87 bits per heavy atom. The van der Waals surface area contributed by atoms with E-state index in [1.807, 2.05) is 6.92 Å². The van der Waals surface area contributed by atoms with Crippen molar-refractivity contribution < 1.29 is 9.90 Å². The molecule has 3 saturated carbocycles. The molecule has 0 bridgehead atoms. The molecule has 3 aliphatic carbocycles. The smallest absolute Gasteiger partial charge is 0.133 e. The second-order valence-electron chi connectivity index (χ2n) is 9.53. The van der Waals surface area contributed by atoms with Crippen LogP contribution in [0.25, 0.3) is 0 Å². The summed E-state index contributed by atoms with van der Waals surface area (Å²) in [5, 5.41) is 10.0. The van der Waals surface area contributed by atoms with Crippen LogP contribution in [0.2, 0.25) is 0 Å². The minimum Gasteiger partial charge on any atom is -0.393 e. The van der Waals surface area contributed by atoms with Gasteiger partial charge in [0.05, 0.1) is 6.10 Å². The lowest BCUT2D eigenvalue weighted by atomic mass is 9.53. The molecule has 0 amide bonds. The van der Waals surface area contributed by atoms with Crippen molar-refractivity contribution in [2.75, 3.05) is 0 Å². The van der Waals surface area contributed by atoms with E-state index in [2.05, 4.69) is 20.8 Å². The van der Waals surface area contributed by atoms with E-state index >= 15 is 0 Å². The number of carbonyl (C=O) groups is 1. The van der Waals surface area contributed by atoms with Crippen LogP contribution >= 0.6 is 0 Å². The second-order valence-corrected chi connectivity index (χ2v) is 9.53. The number of aliphatic hydroxyl groups is 1. The molecule has 0 aromatic heterocycles. The molecule has 0 aromatic carbocycles. The first-order chi connectivity index (χ1) is 10.8. The van der Waals surface area contributed by atoms with E-state index in [-0.39, 0.29) is 17.4 Å². The molecule has 23 heavy (non-hydrogen) atoms. The Bertz CT molecular complexity index is 459. The summed E-state index contributed by atoms with van der Waals surface area (Å²) in [5.41, 5.74) is 0.652. The van der Waals surface area contributed by atoms with Crippen molar-refractivity contribution in [3.8, 4) is 0 Å². The van der Waals surface area contributed by atoms with Crippen LogP contribution in [0, 0.1) is 34.5 Å². The first-order valence-corrected chi connectivity index (χ1v) is 9.98. The van der Waals surface area contributed by atoms with Crippen molar-refractivity contribution in [1.29, 1.82) is 0 Å². The number of hydrogen-bond donors (Lipinski definition) is 1. The lowest BCUT2D eigenvalue weighted by Gasteiger charge is -2.52. The third-order valence-electron chi connectivity index (χ3n) is 8.44. The van der Waals surface area contributed by atoms with Gasteiger partial charge >= 0.3 is 0 Å². The summed E-state index contributed by atoms with van der Waals surface area (Å²) >= 11 is 0. The van der Waals surface area contributed by atoms with Crippen molar-refractivity contribution >= 4 is 5.78 Å². The van der Waals surface area contributed by atoms with E-state index in [0.717, 1.165) is 43.4 Å². The van der Waals surface area contributed by atoms with Crippen LogP contribution < -0.4 is 0 Å². The number of carbonyl (C=O) groups excluding carboxylic acids is 1. The average Bonchev–Trinajstić information content (AvgIpc) is 2.85. The molecule has 3 rings (SSSR count). The molecule has 132 valence electrons. The van der Waals surface area contributed by atoms with Gasteiger partial charge in [0.15, 0.2) is 0 Å². The van der Waals surface area contributed by atoms with Gasteiger partial charge in [-0.15, -0.1) is 0 Å². The molecular weight excluding hydrogens is 284 g/mol. The average molecular weight is 321 g/mol. The maximum absolute atomic E-state index is 12.1. The van der Waals surface area contributed by atoms with Gasteiger partial charge < -0.3 is 5.11 Å². The summed E-state index contributed by atoms with van der Waals surface area (Å²) in [6, 6.07) is 0. The van der Waals surface area contributed by atoms with E-state index in [9.17, 15) is 9.90 Å². The second kappa shape index (κ2) is 6.17. The van der Waals surface area contributed by atoms with E-state index in [0.29, 0.717) is 11.2 Å². The molecule has 0 saturated heterocycles. The summed E-state index contributed by atoms with van der Waals surface area (Å²) in [4.78, 5) is 12.1. The molecule has 0 spiro atoms. The molecular formula is C21H36O2. The normalized spacial score (nSPS) is 50.6. The highest BCUT2D eigenvalue weighted by Gasteiger charge is 2.53. The molecule has 0 heterocycles. The van der Waals surface area contributed by atoms with Crippen molar-refractivity contribution in [1.82, 2.24) is 0 Å². The van der Waals surface area contributed by atoms with Crippen LogP contribution in [0.15, 0.2) is 0 Å². The van der Waals surface area contributed by atoms with Crippen molar-refractivity contribution in [2.45, 2.75) is 91.6 Å². The highest BCUT2D eigenvalue weighted by molar-refractivity contribution is 5.79. The van der Waals surface area contributed by atoms with Gasteiger partial charge in [-0.25, -0.2) is 0 Å². The van der Waals surface area contributed by atoms with Gasteiger partial charge in [0.1, 0.15) is 5.78 Å². The Balaban J connectivity index is 1.77. The van der Waals surface area contributed by atoms with Crippen LogP contribution in [0.1, 0.15) is 85.5 Å². The zero-order chi connectivity index (χ0) is 16.8. The van der Waals surface area contributed by atoms with Gasteiger partial charge in [-0.2, -0.15) is 0 Å². The summed E-state index contributed by atoms with van der Waals surface area (Å²) in [7, 11) is 0. The topological polar surface area (TPSA) is 37.3 Å². The molecule has 2 heteroatoms. The molecule has 2 nitrogen and oxygen atoms in total. The number of hydrogen-bond acceptors (Lipinski definition) is 2. The summed E-state index contributed by atoms with van der Waals surface area (Å²) in [5.74, 6) is 2.95. The molecule has 0 aliphatic heterocycles. The van der Waals surface area contributed by atoms with Crippen LogP contribution in [0.5, 0.6) is 0 Å². The first kappa shape index (κ1) is 17.5. The van der Waals surface area contributed by atoms with Crippen molar-refractivity contribution in [3.63, 3.8) is 0 Å². The SMILES string of the molecule is CC[C@@]1(C)C(C(C)=O)CC[C@@H]1[C@H]1CC[C@@H]2C[C@@H](O)CC[C@@]2(C)C1. The molecule has 1 N–H and O–H groups in total. The number of fused-ring (bicyclic) bond motifs is 1. The number of ketones is 1. The van der Waals surface area contributed by atoms with E-state index in [4.69, 9.17) is 0 Å². The summed E-state index contributed by atoms with van der Waals surface area (Å²) in [6.45, 7) is 8.98. The number of Topliss-reactive ketones (excluding diaryl/α,β-unsaturated/α-hetero) is 1. The van der Waals surface area contributed by atoms with Gasteiger partial charge in [-0.05, 0) is 93.3 Å². The van der Waals surface area contributed by atoms with Gasteiger partial charge in [-0.1, -0.05) is 20.8 Å². The fraction of sp³-hybridized carbons (Fsp3) is 0.952. The van der Waals surface area contributed by atoms with Crippen molar-refractivity contribution in [3.05, 3.63) is 0 Å². The Morgan fingerprint density at radius 3 is 2.52 bits per heavy atom. The minimum atomic E-state index is -0.0564. The molecule has 1 unspecified atom stereocenters. The van der Waals surface area contributed by atoms with Crippen LogP contribution in [-0.2, 0) is 4.79 Å². The van der Waals surface area contributed by atoms with Gasteiger partial charge in [0.2, 0.25) is 0 Å². The number of aliphatic hydroxyl groups excluding tert-OH is 1. The zero-order valence-corrected chi connectivity index (χ0v) is 15.6. The zero-order valence-electron chi connectivity index (χ0n) is 15.6. The van der Waals surface area contributed by atoms with E-state index < -0.39 is 0 Å². The quantitative estimate of drug-likeness (QED) is 0.796. The molecule has 7 atom stereocenters. The third-order valence-corrected chi connectivity index (χ3v) is 8.44. The summed E-state index contributed by atoms with van der Waals surface area (Å²) in [6.07, 6.45) is 10.6. The van der Waals surface area contributed by atoms with Crippen molar-refractivity contribution in [2.24, 2.45) is 34.5 Å². The first-order valence-electron chi connectivity index (χ1n) is 9.98. The van der Waals surface area contributed by atoms with Gasteiger partial charge in [0.25, 0.3) is 0 Å². The standard InChI is InChI=1S/C21H36O2/c1-5-21(4)18(14(2)22)8-9-19(21)15-6-7-16-12-17(23)10-11-20(16,3)13-15/h15-19,23H,5-13H2,1-4H3/t15-,16+,17-,18?,19+,20-,21-/m0/s1. The van der Waals surface area contributed by atoms with Crippen LogP contribution in [0.3, 0.4) is 0 Å². The highest BCUT2D eigenvalue weighted by atomic mass is 16.3. The highest BCUT2D eigenvalue weighted by Crippen LogP contribution is 2.60. The summed E-state index contributed by atoms with van der Waals surface area (Å²) < 4.78 is 0. The lowest BCUT2D eigenvalue weighted by Crippen LogP contribution is -2.44. The molecule has 0 aromatic rings. The molecule has 3 aliphatic rings. The monoisotopic (exact) mass is 320 g/mol. The largest absolute Gasteiger partial charge is 0.393 e. The lowest BCUT2D eigenvalue weighted by molar-refractivity contribution is -0.125.